The van der Waals surface area contributed by atoms with E-state index in [0.717, 1.165) is 56.7 Å². The Morgan fingerprint density at radius 3 is 2.44 bits per heavy atom. The summed E-state index contributed by atoms with van der Waals surface area (Å²) in [5.74, 6) is 2.79. The van der Waals surface area contributed by atoms with Crippen molar-refractivity contribution in [2.75, 3.05) is 31.1 Å². The predicted molar refractivity (Wildman–Crippen MR) is 95.9 cm³/mol. The number of carbonyl (C=O) groups is 1. The molecule has 3 heterocycles. The largest absolute Gasteiger partial charge is 0.355 e. The summed E-state index contributed by atoms with van der Waals surface area (Å²) in [6, 6.07) is 5.83. The van der Waals surface area contributed by atoms with Gasteiger partial charge in [0.05, 0.1) is 5.56 Å². The molecule has 2 unspecified atom stereocenters. The van der Waals surface area contributed by atoms with Gasteiger partial charge in [-0.1, -0.05) is 12.8 Å². The number of anilines is 1. The van der Waals surface area contributed by atoms with E-state index in [1.165, 1.54) is 25.7 Å². The molecule has 0 N–H and O–H groups in total. The van der Waals surface area contributed by atoms with Crippen LogP contribution in [0.1, 0.15) is 44.1 Å². The number of likely N-dealkylation sites (tertiary alicyclic amines) is 1. The van der Waals surface area contributed by atoms with E-state index < -0.39 is 0 Å². The van der Waals surface area contributed by atoms with Gasteiger partial charge in [-0.15, -0.1) is 0 Å². The van der Waals surface area contributed by atoms with Gasteiger partial charge in [0.2, 0.25) is 5.91 Å². The van der Waals surface area contributed by atoms with Gasteiger partial charge < -0.3 is 9.80 Å². The number of nitriles is 1. The Bertz CT molecular complexity index is 661. The van der Waals surface area contributed by atoms with E-state index in [1.807, 2.05) is 6.07 Å². The molecule has 1 aliphatic carbocycles. The van der Waals surface area contributed by atoms with Crippen LogP contribution >= 0.6 is 0 Å². The molecule has 1 aromatic rings. The van der Waals surface area contributed by atoms with Crippen molar-refractivity contribution < 1.29 is 4.79 Å². The number of hydrogen-bond donors (Lipinski definition) is 0. The maximum atomic E-state index is 12.9. The molecule has 0 bridgehead atoms. The Balaban J connectivity index is 1.36. The second-order valence-corrected chi connectivity index (χ2v) is 7.80. The van der Waals surface area contributed by atoms with Crippen LogP contribution in [0.2, 0.25) is 0 Å². The lowest BCUT2D eigenvalue weighted by atomic mass is 9.82. The molecule has 2 aliphatic heterocycles. The molecule has 1 amide bonds. The first-order chi connectivity index (χ1) is 12.3. The van der Waals surface area contributed by atoms with Crippen LogP contribution in [0, 0.1) is 29.1 Å². The van der Waals surface area contributed by atoms with Crippen LogP contribution in [0.3, 0.4) is 0 Å². The number of carbonyl (C=O) groups excluding carboxylic acids is 1. The van der Waals surface area contributed by atoms with E-state index in [4.69, 9.17) is 0 Å². The van der Waals surface area contributed by atoms with Crippen LogP contribution in [-0.2, 0) is 4.79 Å². The van der Waals surface area contributed by atoms with Gasteiger partial charge in [-0.3, -0.25) is 4.79 Å². The third-order valence-electron chi connectivity index (χ3n) is 6.34. The summed E-state index contributed by atoms with van der Waals surface area (Å²) >= 11 is 0. The third-order valence-corrected chi connectivity index (χ3v) is 6.34. The lowest BCUT2D eigenvalue weighted by molar-refractivity contribution is -0.135. The van der Waals surface area contributed by atoms with Crippen molar-refractivity contribution in [2.45, 2.75) is 38.5 Å². The van der Waals surface area contributed by atoms with Gasteiger partial charge in [0.1, 0.15) is 11.9 Å². The van der Waals surface area contributed by atoms with Crippen molar-refractivity contribution in [3.8, 4) is 6.07 Å². The zero-order valence-electron chi connectivity index (χ0n) is 14.7. The van der Waals surface area contributed by atoms with E-state index in [-0.39, 0.29) is 5.92 Å². The summed E-state index contributed by atoms with van der Waals surface area (Å²) in [5, 5.41) is 9.26. The predicted octanol–water partition coefficient (Wildman–Crippen LogP) is 2.82. The van der Waals surface area contributed by atoms with Crippen LogP contribution in [0.25, 0.3) is 0 Å². The molecule has 2 saturated heterocycles. The zero-order valence-corrected chi connectivity index (χ0v) is 14.7. The van der Waals surface area contributed by atoms with Gasteiger partial charge in [-0.25, -0.2) is 4.98 Å². The summed E-state index contributed by atoms with van der Waals surface area (Å²) in [6.45, 7) is 3.59. The van der Waals surface area contributed by atoms with Crippen molar-refractivity contribution in [3.05, 3.63) is 23.9 Å². The molecule has 1 aromatic heterocycles. The fraction of sp³-hybridized carbons (Fsp3) is 0.650. The highest BCUT2D eigenvalue weighted by Crippen LogP contribution is 2.37. The molecule has 5 nitrogen and oxygen atoms in total. The summed E-state index contributed by atoms with van der Waals surface area (Å²) in [4.78, 5) is 21.6. The second kappa shape index (κ2) is 7.03. The van der Waals surface area contributed by atoms with Crippen LogP contribution in [0.5, 0.6) is 0 Å². The van der Waals surface area contributed by atoms with Crippen molar-refractivity contribution in [3.63, 3.8) is 0 Å². The maximum absolute atomic E-state index is 12.9. The summed E-state index contributed by atoms with van der Waals surface area (Å²) in [7, 11) is 0. The van der Waals surface area contributed by atoms with Gasteiger partial charge in [-0.2, -0.15) is 5.26 Å². The highest BCUT2D eigenvalue weighted by molar-refractivity contribution is 5.79. The van der Waals surface area contributed by atoms with Gasteiger partial charge in [0.25, 0.3) is 0 Å². The number of piperidine rings is 1. The van der Waals surface area contributed by atoms with E-state index in [1.54, 1.807) is 12.3 Å². The van der Waals surface area contributed by atoms with Crippen molar-refractivity contribution in [2.24, 2.45) is 17.8 Å². The highest BCUT2D eigenvalue weighted by Gasteiger charge is 2.39. The molecular weight excluding hydrogens is 312 g/mol. The van der Waals surface area contributed by atoms with Gasteiger partial charge >= 0.3 is 0 Å². The standard InChI is InChI=1S/C20H26N4O/c21-12-16-6-3-9-22-19(16)23-10-7-15(8-11-23)20(25)24-13-17-4-1-2-5-18(17)14-24/h3,6,9,15,17-18H,1-2,4-5,7-8,10-11,13-14H2. The summed E-state index contributed by atoms with van der Waals surface area (Å²) in [5.41, 5.74) is 0.621. The number of rotatable bonds is 2. The number of nitrogens with zero attached hydrogens (tertiary/aromatic N) is 4. The molecule has 0 radical (unpaired) electrons. The Kier molecular flexibility index (Phi) is 4.61. The Morgan fingerprint density at radius 2 is 1.80 bits per heavy atom. The molecule has 25 heavy (non-hydrogen) atoms. The highest BCUT2D eigenvalue weighted by atomic mass is 16.2. The van der Waals surface area contributed by atoms with Gasteiger partial charge in [0, 0.05) is 38.3 Å². The normalized spacial score (nSPS) is 27.0. The summed E-state index contributed by atoms with van der Waals surface area (Å²) in [6.07, 6.45) is 8.77. The molecule has 132 valence electrons. The first-order valence-corrected chi connectivity index (χ1v) is 9.65. The molecule has 1 saturated carbocycles. The minimum atomic E-state index is 0.144. The fourth-order valence-corrected chi connectivity index (χ4v) is 4.92. The molecule has 4 rings (SSSR count). The fourth-order valence-electron chi connectivity index (χ4n) is 4.92. The Morgan fingerprint density at radius 1 is 1.12 bits per heavy atom. The topological polar surface area (TPSA) is 60.2 Å². The minimum absolute atomic E-state index is 0.144. The molecule has 2 atom stereocenters. The Hall–Kier alpha value is -2.09. The summed E-state index contributed by atoms with van der Waals surface area (Å²) < 4.78 is 0. The average molecular weight is 338 g/mol. The lowest BCUT2D eigenvalue weighted by Crippen LogP contribution is -2.42. The van der Waals surface area contributed by atoms with Crippen LogP contribution in [0.4, 0.5) is 5.82 Å². The second-order valence-electron chi connectivity index (χ2n) is 7.80. The lowest BCUT2D eigenvalue weighted by Gasteiger charge is -2.34. The monoisotopic (exact) mass is 338 g/mol. The first-order valence-electron chi connectivity index (χ1n) is 9.65. The maximum Gasteiger partial charge on any atom is 0.225 e. The molecule has 0 spiro atoms. The number of aromatic nitrogens is 1. The molecular formula is C20H26N4O. The van der Waals surface area contributed by atoms with Crippen LogP contribution in [-0.4, -0.2) is 42.0 Å². The van der Waals surface area contributed by atoms with Crippen molar-refractivity contribution >= 4 is 11.7 Å². The number of fused-ring (bicyclic) bond motifs is 1. The zero-order chi connectivity index (χ0) is 17.2. The van der Waals surface area contributed by atoms with E-state index >= 15 is 0 Å². The SMILES string of the molecule is N#Cc1cccnc1N1CCC(C(=O)N2CC3CCCCC3C2)CC1. The van der Waals surface area contributed by atoms with E-state index in [9.17, 15) is 10.1 Å². The van der Waals surface area contributed by atoms with Crippen molar-refractivity contribution in [1.29, 1.82) is 5.26 Å². The quantitative estimate of drug-likeness (QED) is 0.832. The molecule has 0 aromatic carbocycles. The molecule has 3 aliphatic rings. The van der Waals surface area contributed by atoms with Crippen LogP contribution in [0.15, 0.2) is 18.3 Å². The minimum Gasteiger partial charge on any atom is -0.355 e. The number of pyridine rings is 1. The van der Waals surface area contributed by atoms with Gasteiger partial charge in [0.15, 0.2) is 0 Å². The van der Waals surface area contributed by atoms with E-state index in [0.29, 0.717) is 11.5 Å². The van der Waals surface area contributed by atoms with Crippen molar-refractivity contribution in [1.82, 2.24) is 9.88 Å². The van der Waals surface area contributed by atoms with E-state index in [2.05, 4.69) is 20.9 Å². The van der Waals surface area contributed by atoms with Crippen LogP contribution < -0.4 is 4.90 Å². The molecule has 3 fully saturated rings. The number of amides is 1. The third kappa shape index (κ3) is 3.22. The smallest absolute Gasteiger partial charge is 0.225 e. The Labute approximate surface area is 149 Å². The number of hydrogen-bond acceptors (Lipinski definition) is 4. The average Bonchev–Trinajstić information content (AvgIpc) is 3.12. The van der Waals surface area contributed by atoms with Gasteiger partial charge in [-0.05, 0) is 49.7 Å². The first kappa shape index (κ1) is 16.4. The molecule has 5 heteroatoms.